The number of hydrogen-bond acceptors (Lipinski definition) is 1. The highest BCUT2D eigenvalue weighted by Crippen LogP contribution is 2.29. The first-order chi connectivity index (χ1) is 5.38. The van der Waals surface area contributed by atoms with E-state index >= 15 is 0 Å². The van der Waals surface area contributed by atoms with E-state index in [1.54, 1.807) is 0 Å². The highest BCUT2D eigenvalue weighted by atomic mass is 19.1. The Morgan fingerprint density at radius 3 is 2.33 bits per heavy atom. The SMILES string of the molecule is CN1CC(F)CC1CC(C)(C)C. The summed E-state index contributed by atoms with van der Waals surface area (Å²) in [6.07, 6.45) is 1.24. The maximum atomic E-state index is 13.0. The van der Waals surface area contributed by atoms with Gasteiger partial charge in [0, 0.05) is 12.6 Å². The summed E-state index contributed by atoms with van der Waals surface area (Å²) in [6, 6.07) is 0.458. The molecule has 0 bridgehead atoms. The molecular weight excluding hydrogens is 153 g/mol. The van der Waals surface area contributed by atoms with Gasteiger partial charge in [0.15, 0.2) is 0 Å². The van der Waals surface area contributed by atoms with Crippen molar-refractivity contribution < 1.29 is 4.39 Å². The molecule has 72 valence electrons. The van der Waals surface area contributed by atoms with Crippen molar-refractivity contribution in [2.24, 2.45) is 5.41 Å². The Labute approximate surface area is 74.9 Å². The summed E-state index contributed by atoms with van der Waals surface area (Å²) >= 11 is 0. The van der Waals surface area contributed by atoms with E-state index in [1.807, 2.05) is 7.05 Å². The molecule has 0 aromatic heterocycles. The topological polar surface area (TPSA) is 3.24 Å². The molecule has 1 aliphatic heterocycles. The van der Waals surface area contributed by atoms with Gasteiger partial charge in [-0.15, -0.1) is 0 Å². The summed E-state index contributed by atoms with van der Waals surface area (Å²) < 4.78 is 13.0. The van der Waals surface area contributed by atoms with Crippen LogP contribution in [-0.2, 0) is 0 Å². The Hall–Kier alpha value is -0.110. The van der Waals surface area contributed by atoms with Crippen molar-refractivity contribution in [3.8, 4) is 0 Å². The molecule has 12 heavy (non-hydrogen) atoms. The van der Waals surface area contributed by atoms with Crippen LogP contribution in [0.3, 0.4) is 0 Å². The fraction of sp³-hybridized carbons (Fsp3) is 1.00. The van der Waals surface area contributed by atoms with Gasteiger partial charge in [0.25, 0.3) is 0 Å². The maximum absolute atomic E-state index is 13.0. The van der Waals surface area contributed by atoms with Crippen LogP contribution < -0.4 is 0 Å². The van der Waals surface area contributed by atoms with Gasteiger partial charge in [-0.25, -0.2) is 4.39 Å². The number of nitrogens with zero attached hydrogens (tertiary/aromatic N) is 1. The van der Waals surface area contributed by atoms with Gasteiger partial charge in [-0.1, -0.05) is 20.8 Å². The molecule has 1 aliphatic rings. The summed E-state index contributed by atoms with van der Waals surface area (Å²) in [7, 11) is 2.02. The lowest BCUT2D eigenvalue weighted by molar-refractivity contribution is 0.223. The first-order valence-corrected chi connectivity index (χ1v) is 4.73. The second kappa shape index (κ2) is 3.33. The minimum Gasteiger partial charge on any atom is -0.300 e. The summed E-state index contributed by atoms with van der Waals surface area (Å²) in [5, 5.41) is 0. The minimum atomic E-state index is -0.595. The van der Waals surface area contributed by atoms with E-state index in [0.29, 0.717) is 18.0 Å². The molecule has 0 aromatic carbocycles. The molecule has 0 amide bonds. The molecule has 2 heteroatoms. The van der Waals surface area contributed by atoms with Crippen molar-refractivity contribution in [1.29, 1.82) is 0 Å². The number of hydrogen-bond donors (Lipinski definition) is 0. The molecule has 0 N–H and O–H groups in total. The molecule has 1 heterocycles. The van der Waals surface area contributed by atoms with Crippen LogP contribution in [0.5, 0.6) is 0 Å². The zero-order valence-electron chi connectivity index (χ0n) is 8.60. The lowest BCUT2D eigenvalue weighted by Crippen LogP contribution is -2.29. The Balaban J connectivity index is 2.43. The third-order valence-electron chi connectivity index (χ3n) is 2.49. The van der Waals surface area contributed by atoms with Crippen LogP contribution in [0.1, 0.15) is 33.6 Å². The first-order valence-electron chi connectivity index (χ1n) is 4.73. The smallest absolute Gasteiger partial charge is 0.114 e. The molecule has 1 rings (SSSR count). The number of likely N-dealkylation sites (tertiary alicyclic amines) is 1. The highest BCUT2D eigenvalue weighted by Gasteiger charge is 2.31. The quantitative estimate of drug-likeness (QED) is 0.589. The van der Waals surface area contributed by atoms with Crippen LogP contribution in [0.2, 0.25) is 0 Å². The lowest BCUT2D eigenvalue weighted by atomic mass is 9.87. The van der Waals surface area contributed by atoms with Gasteiger partial charge < -0.3 is 4.90 Å². The summed E-state index contributed by atoms with van der Waals surface area (Å²) in [6.45, 7) is 7.27. The second-order valence-corrected chi connectivity index (χ2v) is 5.19. The first kappa shape index (κ1) is 9.97. The van der Waals surface area contributed by atoms with Crippen LogP contribution in [0, 0.1) is 5.41 Å². The van der Waals surface area contributed by atoms with E-state index in [2.05, 4.69) is 25.7 Å². The average molecular weight is 173 g/mol. The Morgan fingerprint density at radius 2 is 2.00 bits per heavy atom. The summed E-state index contributed by atoms with van der Waals surface area (Å²) in [5.74, 6) is 0. The number of rotatable bonds is 1. The molecule has 0 aromatic rings. The summed E-state index contributed by atoms with van der Waals surface area (Å²) in [4.78, 5) is 2.15. The predicted molar refractivity (Wildman–Crippen MR) is 50.0 cm³/mol. The molecule has 0 radical (unpaired) electrons. The average Bonchev–Trinajstić information content (AvgIpc) is 2.06. The zero-order valence-corrected chi connectivity index (χ0v) is 8.60. The van der Waals surface area contributed by atoms with Crippen molar-refractivity contribution in [2.75, 3.05) is 13.6 Å². The number of halogens is 1. The largest absolute Gasteiger partial charge is 0.300 e. The monoisotopic (exact) mass is 173 g/mol. The fourth-order valence-corrected chi connectivity index (χ4v) is 1.96. The lowest BCUT2D eigenvalue weighted by Gasteiger charge is -2.27. The Morgan fingerprint density at radius 1 is 1.42 bits per heavy atom. The van der Waals surface area contributed by atoms with E-state index in [1.165, 1.54) is 0 Å². The van der Waals surface area contributed by atoms with Gasteiger partial charge in [0.05, 0.1) is 0 Å². The Bertz CT molecular complexity index is 150. The van der Waals surface area contributed by atoms with Gasteiger partial charge in [0.1, 0.15) is 6.17 Å². The van der Waals surface area contributed by atoms with Crippen molar-refractivity contribution in [3.63, 3.8) is 0 Å². The van der Waals surface area contributed by atoms with Gasteiger partial charge in [-0.3, -0.25) is 0 Å². The van der Waals surface area contributed by atoms with Crippen molar-refractivity contribution in [3.05, 3.63) is 0 Å². The van der Waals surface area contributed by atoms with Crippen LogP contribution >= 0.6 is 0 Å². The van der Waals surface area contributed by atoms with Gasteiger partial charge in [-0.05, 0) is 25.3 Å². The molecule has 1 fully saturated rings. The molecule has 0 spiro atoms. The standard InChI is InChI=1S/C10H20FN/c1-10(2,3)6-9-5-8(11)7-12(9)4/h8-9H,5-7H2,1-4H3. The maximum Gasteiger partial charge on any atom is 0.114 e. The third-order valence-corrected chi connectivity index (χ3v) is 2.49. The van der Waals surface area contributed by atoms with Gasteiger partial charge >= 0.3 is 0 Å². The minimum absolute atomic E-state index is 0.322. The van der Waals surface area contributed by atoms with Crippen molar-refractivity contribution in [1.82, 2.24) is 4.90 Å². The van der Waals surface area contributed by atoms with Crippen LogP contribution in [0.25, 0.3) is 0 Å². The third kappa shape index (κ3) is 2.74. The van der Waals surface area contributed by atoms with Crippen LogP contribution in [-0.4, -0.2) is 30.7 Å². The molecule has 1 nitrogen and oxygen atoms in total. The van der Waals surface area contributed by atoms with E-state index in [9.17, 15) is 4.39 Å². The van der Waals surface area contributed by atoms with E-state index < -0.39 is 6.17 Å². The van der Waals surface area contributed by atoms with E-state index in [-0.39, 0.29) is 0 Å². The van der Waals surface area contributed by atoms with E-state index in [0.717, 1.165) is 12.8 Å². The molecule has 0 saturated carbocycles. The van der Waals surface area contributed by atoms with Crippen LogP contribution in [0.15, 0.2) is 0 Å². The summed E-state index contributed by atoms with van der Waals surface area (Å²) in [5.41, 5.74) is 0.322. The fourth-order valence-electron chi connectivity index (χ4n) is 1.96. The van der Waals surface area contributed by atoms with E-state index in [4.69, 9.17) is 0 Å². The van der Waals surface area contributed by atoms with Gasteiger partial charge in [0.2, 0.25) is 0 Å². The normalized spacial score (nSPS) is 32.8. The number of alkyl halides is 1. The van der Waals surface area contributed by atoms with Crippen LogP contribution in [0.4, 0.5) is 4.39 Å². The zero-order chi connectivity index (χ0) is 9.35. The van der Waals surface area contributed by atoms with Gasteiger partial charge in [-0.2, -0.15) is 0 Å². The second-order valence-electron chi connectivity index (χ2n) is 5.19. The predicted octanol–water partition coefficient (Wildman–Crippen LogP) is 2.46. The Kier molecular flexibility index (Phi) is 2.77. The molecular formula is C10H20FN. The molecule has 2 atom stereocenters. The molecule has 1 saturated heterocycles. The molecule has 2 unspecified atom stereocenters. The van der Waals surface area contributed by atoms with Crippen molar-refractivity contribution in [2.45, 2.75) is 45.8 Å². The molecule has 0 aliphatic carbocycles. The van der Waals surface area contributed by atoms with Crippen molar-refractivity contribution >= 4 is 0 Å². The highest BCUT2D eigenvalue weighted by molar-refractivity contribution is 4.85.